The molecule has 1 saturated heterocycles. The summed E-state index contributed by atoms with van der Waals surface area (Å²) in [5, 5.41) is 0. The van der Waals surface area contributed by atoms with Crippen LogP contribution in [0, 0.1) is 0 Å². The van der Waals surface area contributed by atoms with Crippen molar-refractivity contribution in [1.29, 1.82) is 0 Å². The summed E-state index contributed by atoms with van der Waals surface area (Å²) in [6.45, 7) is 1.03. The van der Waals surface area contributed by atoms with Crippen molar-refractivity contribution < 1.29 is 28.5 Å². The molecule has 4 rings (SSSR count). The zero-order valence-corrected chi connectivity index (χ0v) is 17.8. The van der Waals surface area contributed by atoms with E-state index in [-0.39, 0.29) is 19.4 Å². The van der Waals surface area contributed by atoms with Crippen LogP contribution in [0.2, 0.25) is 0 Å². The van der Waals surface area contributed by atoms with Gasteiger partial charge in [-0.3, -0.25) is 0 Å². The fraction of sp³-hybridized carbons (Fsp3) is 0.417. The van der Waals surface area contributed by atoms with Crippen molar-refractivity contribution >= 4 is 11.9 Å². The van der Waals surface area contributed by atoms with E-state index >= 15 is 0 Å². The summed E-state index contributed by atoms with van der Waals surface area (Å²) in [5.41, 5.74) is 12.6. The molecule has 1 aliphatic heterocycles. The minimum absolute atomic E-state index is 0.0606. The van der Waals surface area contributed by atoms with Gasteiger partial charge in [-0.1, -0.05) is 60.7 Å². The van der Waals surface area contributed by atoms with Crippen LogP contribution in [0.3, 0.4) is 0 Å². The maximum Gasteiger partial charge on any atom is 0.352 e. The number of nitrogens with two attached hydrogens (primary N) is 2. The molecule has 170 valence electrons. The standard InChI is InChI=1S/C24H28N2O6/c25-19-15-23(30-13-14-31-23)11-12-24(19,26)22(28)32-20(18-9-5-2-6-10-18)21(27)29-16-17-7-3-1-4-8-17/h1-10,19-20H,11-16,25-26H2. The van der Waals surface area contributed by atoms with Crippen LogP contribution in [0.25, 0.3) is 0 Å². The molecule has 1 aliphatic carbocycles. The molecule has 8 heteroatoms. The SMILES string of the molecule is NC1CC2(CCC1(N)C(=O)OC(C(=O)OCc1ccccc1)c1ccccc1)OCCO2. The molecule has 8 nitrogen and oxygen atoms in total. The number of rotatable bonds is 6. The van der Waals surface area contributed by atoms with E-state index in [1.165, 1.54) is 0 Å². The highest BCUT2D eigenvalue weighted by atomic mass is 16.7. The Morgan fingerprint density at radius 1 is 1.00 bits per heavy atom. The largest absolute Gasteiger partial charge is 0.458 e. The van der Waals surface area contributed by atoms with E-state index in [1.54, 1.807) is 30.3 Å². The highest BCUT2D eigenvalue weighted by Gasteiger charge is 2.54. The van der Waals surface area contributed by atoms with Crippen molar-refractivity contribution in [2.45, 2.75) is 49.3 Å². The molecule has 32 heavy (non-hydrogen) atoms. The van der Waals surface area contributed by atoms with Crippen LogP contribution in [-0.4, -0.2) is 42.5 Å². The summed E-state index contributed by atoms with van der Waals surface area (Å²) in [4.78, 5) is 26.1. The predicted octanol–water partition coefficient (Wildman–Crippen LogP) is 1.97. The fourth-order valence-corrected chi connectivity index (χ4v) is 4.12. The Bertz CT molecular complexity index is 932. The summed E-state index contributed by atoms with van der Waals surface area (Å²) >= 11 is 0. The van der Waals surface area contributed by atoms with Gasteiger partial charge in [-0.05, 0) is 12.0 Å². The lowest BCUT2D eigenvalue weighted by Gasteiger charge is -2.44. The lowest BCUT2D eigenvalue weighted by Crippen LogP contribution is -2.67. The lowest BCUT2D eigenvalue weighted by atomic mass is 9.75. The molecule has 0 amide bonds. The van der Waals surface area contributed by atoms with E-state index in [1.807, 2.05) is 30.3 Å². The molecular formula is C24H28N2O6. The Labute approximate surface area is 186 Å². The average molecular weight is 440 g/mol. The summed E-state index contributed by atoms with van der Waals surface area (Å²) in [6, 6.07) is 17.2. The first-order valence-electron chi connectivity index (χ1n) is 10.7. The second-order valence-corrected chi connectivity index (χ2v) is 8.25. The molecule has 0 bridgehead atoms. The first-order valence-corrected chi connectivity index (χ1v) is 10.7. The molecule has 1 heterocycles. The Morgan fingerprint density at radius 3 is 2.25 bits per heavy atom. The summed E-state index contributed by atoms with van der Waals surface area (Å²) < 4.78 is 22.5. The van der Waals surface area contributed by atoms with Crippen LogP contribution < -0.4 is 11.5 Å². The van der Waals surface area contributed by atoms with E-state index in [9.17, 15) is 9.59 Å². The molecule has 2 aromatic carbocycles. The van der Waals surface area contributed by atoms with Crippen molar-refractivity contribution in [1.82, 2.24) is 0 Å². The molecule has 1 saturated carbocycles. The van der Waals surface area contributed by atoms with E-state index in [0.717, 1.165) is 5.56 Å². The van der Waals surface area contributed by atoms with Crippen molar-refractivity contribution in [2.24, 2.45) is 11.5 Å². The van der Waals surface area contributed by atoms with Gasteiger partial charge in [-0.15, -0.1) is 0 Å². The monoisotopic (exact) mass is 440 g/mol. The molecule has 3 atom stereocenters. The first kappa shape index (κ1) is 22.4. The normalized spacial score (nSPS) is 25.2. The van der Waals surface area contributed by atoms with Crippen molar-refractivity contribution in [3.8, 4) is 0 Å². The third kappa shape index (κ3) is 4.68. The molecule has 2 fully saturated rings. The first-order chi connectivity index (χ1) is 15.4. The third-order valence-electron chi connectivity index (χ3n) is 6.07. The van der Waals surface area contributed by atoms with E-state index in [2.05, 4.69) is 0 Å². The number of carbonyl (C=O) groups is 2. The van der Waals surface area contributed by atoms with E-state index < -0.39 is 35.4 Å². The number of esters is 2. The number of hydrogen-bond donors (Lipinski definition) is 2. The second kappa shape index (κ2) is 9.38. The number of carbonyl (C=O) groups excluding carboxylic acids is 2. The minimum Gasteiger partial charge on any atom is -0.458 e. The molecular weight excluding hydrogens is 412 g/mol. The smallest absolute Gasteiger partial charge is 0.352 e. The van der Waals surface area contributed by atoms with Gasteiger partial charge < -0.3 is 30.4 Å². The fourth-order valence-electron chi connectivity index (χ4n) is 4.12. The van der Waals surface area contributed by atoms with Crippen molar-refractivity contribution in [3.05, 3.63) is 71.8 Å². The van der Waals surface area contributed by atoms with E-state index in [4.69, 9.17) is 30.4 Å². The van der Waals surface area contributed by atoms with Crippen LogP contribution in [0.1, 0.15) is 36.5 Å². The van der Waals surface area contributed by atoms with Crippen molar-refractivity contribution in [2.75, 3.05) is 13.2 Å². The minimum atomic E-state index is -1.46. The quantitative estimate of drug-likeness (QED) is 0.654. The van der Waals surface area contributed by atoms with E-state index in [0.29, 0.717) is 25.2 Å². The average Bonchev–Trinajstić information content (AvgIpc) is 3.27. The molecule has 2 aliphatic rings. The zero-order valence-electron chi connectivity index (χ0n) is 17.8. The number of hydrogen-bond acceptors (Lipinski definition) is 8. The number of benzene rings is 2. The molecule has 0 aromatic heterocycles. The Balaban J connectivity index is 1.48. The van der Waals surface area contributed by atoms with Gasteiger partial charge in [0.2, 0.25) is 6.10 Å². The highest BCUT2D eigenvalue weighted by molar-refractivity contribution is 5.86. The Hall–Kier alpha value is -2.78. The van der Waals surface area contributed by atoms with Gasteiger partial charge in [0.25, 0.3) is 0 Å². The van der Waals surface area contributed by atoms with Gasteiger partial charge in [0.1, 0.15) is 12.1 Å². The van der Waals surface area contributed by atoms with Crippen molar-refractivity contribution in [3.63, 3.8) is 0 Å². The van der Waals surface area contributed by atoms with Gasteiger partial charge >= 0.3 is 11.9 Å². The van der Waals surface area contributed by atoms with Gasteiger partial charge in [0, 0.05) is 24.4 Å². The van der Waals surface area contributed by atoms with Crippen LogP contribution in [0.15, 0.2) is 60.7 Å². The lowest BCUT2D eigenvalue weighted by molar-refractivity contribution is -0.197. The van der Waals surface area contributed by atoms with Gasteiger partial charge in [0.05, 0.1) is 13.2 Å². The molecule has 1 spiro atoms. The Morgan fingerprint density at radius 2 is 1.62 bits per heavy atom. The summed E-state index contributed by atoms with van der Waals surface area (Å²) in [7, 11) is 0. The molecule has 3 unspecified atom stereocenters. The maximum absolute atomic E-state index is 13.2. The zero-order chi connectivity index (χ0) is 22.6. The Kier molecular flexibility index (Phi) is 6.57. The van der Waals surface area contributed by atoms with Crippen LogP contribution in [0.5, 0.6) is 0 Å². The predicted molar refractivity (Wildman–Crippen MR) is 115 cm³/mol. The highest BCUT2D eigenvalue weighted by Crippen LogP contribution is 2.39. The summed E-state index contributed by atoms with van der Waals surface area (Å²) in [6.07, 6.45) is -0.351. The van der Waals surface area contributed by atoms with Gasteiger partial charge in [0.15, 0.2) is 5.79 Å². The maximum atomic E-state index is 13.2. The van der Waals surface area contributed by atoms with Crippen LogP contribution in [0.4, 0.5) is 0 Å². The summed E-state index contributed by atoms with van der Waals surface area (Å²) in [5.74, 6) is -2.22. The molecule has 2 aromatic rings. The molecule has 4 N–H and O–H groups in total. The van der Waals surface area contributed by atoms with Gasteiger partial charge in [-0.25, -0.2) is 9.59 Å². The topological polar surface area (TPSA) is 123 Å². The van der Waals surface area contributed by atoms with Crippen LogP contribution >= 0.6 is 0 Å². The molecule has 0 radical (unpaired) electrons. The third-order valence-corrected chi connectivity index (χ3v) is 6.07. The second-order valence-electron chi connectivity index (χ2n) is 8.25. The van der Waals surface area contributed by atoms with Crippen LogP contribution in [-0.2, 0) is 35.1 Å². The number of ether oxygens (including phenoxy) is 4. The van der Waals surface area contributed by atoms with Gasteiger partial charge in [-0.2, -0.15) is 0 Å².